The van der Waals surface area contributed by atoms with Crippen molar-refractivity contribution in [3.63, 3.8) is 0 Å². The molecule has 0 unspecified atom stereocenters. The highest BCUT2D eigenvalue weighted by Gasteiger charge is 2.29. The number of carboxylic acid groups (broad SMARTS) is 1. The Morgan fingerprint density at radius 3 is 2.74 bits per heavy atom. The van der Waals surface area contributed by atoms with E-state index in [2.05, 4.69) is 10.3 Å². The third-order valence-corrected chi connectivity index (χ3v) is 5.47. The number of nitrogens with zero attached hydrogens (tertiary/aromatic N) is 1. The summed E-state index contributed by atoms with van der Waals surface area (Å²) in [6.07, 6.45) is 0. The minimum absolute atomic E-state index is 0.0482. The second kappa shape index (κ2) is 6.10. The number of carbonyl (C=O) groups is 2. The normalized spacial score (nSPS) is 12.7. The first-order valence-electron chi connectivity index (χ1n) is 8.09. The molecule has 8 heteroatoms. The molecule has 0 bridgehead atoms. The van der Waals surface area contributed by atoms with E-state index in [1.54, 1.807) is 24.3 Å². The van der Waals surface area contributed by atoms with E-state index in [-0.39, 0.29) is 17.4 Å². The summed E-state index contributed by atoms with van der Waals surface area (Å²) in [6, 6.07) is 6.74. The van der Waals surface area contributed by atoms with Gasteiger partial charge in [0.15, 0.2) is 5.69 Å². The van der Waals surface area contributed by atoms with Crippen LogP contribution in [-0.2, 0) is 6.54 Å². The Kier molecular flexibility index (Phi) is 3.85. The van der Waals surface area contributed by atoms with Crippen molar-refractivity contribution in [1.82, 2.24) is 10.3 Å². The molecule has 27 heavy (non-hydrogen) atoms. The molecule has 0 fully saturated rings. The summed E-state index contributed by atoms with van der Waals surface area (Å²) >= 11 is 1.19. The number of hydrogen-bond donors (Lipinski definition) is 4. The molecular formula is C19H15N3O4S. The Morgan fingerprint density at radius 2 is 2.04 bits per heavy atom. The number of phenols is 1. The summed E-state index contributed by atoms with van der Waals surface area (Å²) in [5, 5.41) is 23.8. The summed E-state index contributed by atoms with van der Waals surface area (Å²) in [7, 11) is 0. The van der Waals surface area contributed by atoms with Crippen molar-refractivity contribution in [3.8, 4) is 27.4 Å². The van der Waals surface area contributed by atoms with Gasteiger partial charge in [0.25, 0.3) is 5.91 Å². The number of aromatic carboxylic acids is 1. The van der Waals surface area contributed by atoms with Gasteiger partial charge >= 0.3 is 5.97 Å². The number of hydrogen-bond acceptors (Lipinski definition) is 6. The molecule has 2 aromatic carbocycles. The summed E-state index contributed by atoms with van der Waals surface area (Å²) < 4.78 is 0. The Morgan fingerprint density at radius 1 is 1.26 bits per heavy atom. The number of aromatic hydroxyl groups is 1. The third-order valence-electron chi connectivity index (χ3n) is 4.59. The van der Waals surface area contributed by atoms with Crippen molar-refractivity contribution in [2.45, 2.75) is 13.5 Å². The van der Waals surface area contributed by atoms with Crippen molar-refractivity contribution < 1.29 is 19.8 Å². The highest BCUT2D eigenvalue weighted by atomic mass is 32.1. The van der Waals surface area contributed by atoms with E-state index in [9.17, 15) is 14.7 Å². The van der Waals surface area contributed by atoms with Crippen molar-refractivity contribution >= 4 is 28.9 Å². The summed E-state index contributed by atoms with van der Waals surface area (Å²) in [5.74, 6) is -1.30. The first-order chi connectivity index (χ1) is 12.9. The molecule has 0 atom stereocenters. The van der Waals surface area contributed by atoms with Gasteiger partial charge in [-0.1, -0.05) is 6.07 Å². The molecule has 1 aliphatic heterocycles. The molecule has 0 radical (unpaired) electrons. The van der Waals surface area contributed by atoms with Crippen LogP contribution in [0.3, 0.4) is 0 Å². The van der Waals surface area contributed by atoms with Gasteiger partial charge in [0.1, 0.15) is 10.8 Å². The lowest BCUT2D eigenvalue weighted by Gasteiger charge is -2.15. The Hall–Kier alpha value is -3.39. The van der Waals surface area contributed by atoms with Crippen LogP contribution in [0.1, 0.15) is 32.0 Å². The molecular weight excluding hydrogens is 366 g/mol. The zero-order valence-electron chi connectivity index (χ0n) is 14.2. The van der Waals surface area contributed by atoms with E-state index in [4.69, 9.17) is 10.8 Å². The van der Waals surface area contributed by atoms with Gasteiger partial charge in [-0.25, -0.2) is 9.78 Å². The number of thiazole rings is 1. The van der Waals surface area contributed by atoms with Crippen molar-refractivity contribution in [3.05, 3.63) is 52.0 Å². The number of aryl methyl sites for hydroxylation is 1. The van der Waals surface area contributed by atoms with Crippen LogP contribution < -0.4 is 11.1 Å². The molecule has 2 heterocycles. The maximum absolute atomic E-state index is 12.4. The van der Waals surface area contributed by atoms with Gasteiger partial charge in [-0.05, 0) is 41.8 Å². The van der Waals surface area contributed by atoms with Crippen molar-refractivity contribution in [2.75, 3.05) is 5.73 Å². The quantitative estimate of drug-likeness (QED) is 0.517. The largest absolute Gasteiger partial charge is 0.508 e. The van der Waals surface area contributed by atoms with E-state index in [0.29, 0.717) is 45.1 Å². The number of nitrogens with one attached hydrogen (secondary N) is 1. The molecule has 1 aromatic heterocycles. The number of benzene rings is 2. The van der Waals surface area contributed by atoms with Crippen LogP contribution in [0.15, 0.2) is 29.6 Å². The molecule has 136 valence electrons. The van der Waals surface area contributed by atoms with E-state index < -0.39 is 5.97 Å². The average molecular weight is 381 g/mol. The fourth-order valence-corrected chi connectivity index (χ4v) is 4.09. The lowest BCUT2D eigenvalue weighted by atomic mass is 9.91. The smallest absolute Gasteiger partial charge is 0.355 e. The molecule has 0 spiro atoms. The zero-order valence-corrected chi connectivity index (χ0v) is 15.1. The minimum Gasteiger partial charge on any atom is -0.508 e. The summed E-state index contributed by atoms with van der Waals surface area (Å²) in [6.45, 7) is 2.18. The van der Waals surface area contributed by atoms with Crippen molar-refractivity contribution in [2.24, 2.45) is 0 Å². The van der Waals surface area contributed by atoms with Gasteiger partial charge in [0.2, 0.25) is 0 Å². The van der Waals surface area contributed by atoms with Crippen LogP contribution in [0, 0.1) is 6.92 Å². The third kappa shape index (κ3) is 2.70. The highest BCUT2D eigenvalue weighted by Crippen LogP contribution is 2.42. The van der Waals surface area contributed by atoms with Gasteiger partial charge < -0.3 is 21.3 Å². The standard InChI is InChI=1S/C19H15N3O4S/c1-8-2-3-9(23)4-10(8)11-5-12(18-22-14(7-27-18)19(25)26)13-6-21-17(24)15(13)16(11)20/h2-5,7,23H,6,20H2,1H3,(H,21,24)(H,25,26). The van der Waals surface area contributed by atoms with Crippen LogP contribution in [0.25, 0.3) is 21.7 Å². The molecule has 5 N–H and O–H groups in total. The second-order valence-corrected chi connectivity index (χ2v) is 7.12. The van der Waals surface area contributed by atoms with Crippen molar-refractivity contribution in [1.29, 1.82) is 0 Å². The number of anilines is 1. The first-order valence-corrected chi connectivity index (χ1v) is 8.97. The number of aromatic nitrogens is 1. The number of rotatable bonds is 3. The van der Waals surface area contributed by atoms with Crippen LogP contribution in [0.5, 0.6) is 5.75 Å². The predicted octanol–water partition coefficient (Wildman–Crippen LogP) is 3.01. The predicted molar refractivity (Wildman–Crippen MR) is 102 cm³/mol. The van der Waals surface area contributed by atoms with Gasteiger partial charge in [0, 0.05) is 23.1 Å². The van der Waals surface area contributed by atoms with Crippen LogP contribution in [0.2, 0.25) is 0 Å². The minimum atomic E-state index is -1.11. The fourth-order valence-electron chi connectivity index (χ4n) is 3.25. The topological polar surface area (TPSA) is 126 Å². The Balaban J connectivity index is 2.01. The SMILES string of the molecule is Cc1ccc(O)cc1-c1cc(-c2nc(C(=O)O)cs2)c2c(c1N)C(=O)NC2. The molecule has 1 aliphatic rings. The number of nitrogen functional groups attached to an aromatic ring is 1. The maximum Gasteiger partial charge on any atom is 0.355 e. The molecule has 0 saturated heterocycles. The number of phenolic OH excluding ortho intramolecular Hbond substituents is 1. The molecule has 4 rings (SSSR count). The van der Waals surface area contributed by atoms with E-state index >= 15 is 0 Å². The van der Waals surface area contributed by atoms with Gasteiger partial charge in [0.05, 0.1) is 11.3 Å². The van der Waals surface area contributed by atoms with Gasteiger partial charge in [-0.3, -0.25) is 4.79 Å². The maximum atomic E-state index is 12.4. The van der Waals surface area contributed by atoms with Crippen LogP contribution in [0.4, 0.5) is 5.69 Å². The Bertz CT molecular complexity index is 1120. The number of amides is 1. The molecule has 0 aliphatic carbocycles. The van der Waals surface area contributed by atoms with E-state index in [1.165, 1.54) is 16.7 Å². The highest BCUT2D eigenvalue weighted by molar-refractivity contribution is 7.13. The second-order valence-electron chi connectivity index (χ2n) is 6.26. The zero-order chi connectivity index (χ0) is 19.3. The van der Waals surface area contributed by atoms with E-state index in [0.717, 1.165) is 5.56 Å². The van der Waals surface area contributed by atoms with Gasteiger partial charge in [-0.2, -0.15) is 0 Å². The number of carboxylic acids is 1. The van der Waals surface area contributed by atoms with Crippen LogP contribution >= 0.6 is 11.3 Å². The monoisotopic (exact) mass is 381 g/mol. The number of nitrogens with two attached hydrogens (primary N) is 1. The summed E-state index contributed by atoms with van der Waals surface area (Å²) in [5.41, 5.74) is 10.5. The molecule has 7 nitrogen and oxygen atoms in total. The fraction of sp³-hybridized carbons (Fsp3) is 0.105. The Labute approximate surface area is 158 Å². The first kappa shape index (κ1) is 17.0. The lowest BCUT2D eigenvalue weighted by molar-refractivity contribution is 0.0691. The number of carbonyl (C=O) groups excluding carboxylic acids is 1. The van der Waals surface area contributed by atoms with Crippen LogP contribution in [-0.4, -0.2) is 27.1 Å². The molecule has 3 aromatic rings. The lowest BCUT2D eigenvalue weighted by Crippen LogP contribution is -2.13. The molecule has 1 amide bonds. The average Bonchev–Trinajstić information content (AvgIpc) is 3.26. The number of fused-ring (bicyclic) bond motifs is 1. The van der Waals surface area contributed by atoms with E-state index in [1.807, 2.05) is 6.92 Å². The summed E-state index contributed by atoms with van der Waals surface area (Å²) in [4.78, 5) is 27.7. The van der Waals surface area contributed by atoms with Gasteiger partial charge in [-0.15, -0.1) is 11.3 Å². The molecule has 0 saturated carbocycles.